The van der Waals surface area contributed by atoms with Crippen LogP contribution in [0, 0.1) is 0 Å². The first-order chi connectivity index (χ1) is 14.5. The van der Waals surface area contributed by atoms with Crippen molar-refractivity contribution >= 4 is 7.60 Å². The molecule has 0 bridgehead atoms. The number of likely N-dealkylation sites (N-methyl/N-ethyl adjacent to an activating group) is 1. The van der Waals surface area contributed by atoms with Gasteiger partial charge in [-0.1, -0.05) is 69.8 Å². The predicted octanol–water partition coefficient (Wildman–Crippen LogP) is 6.54. The van der Waals surface area contributed by atoms with Crippen molar-refractivity contribution in [2.45, 2.75) is 109 Å². The van der Waals surface area contributed by atoms with E-state index in [2.05, 4.69) is 31.2 Å². The van der Waals surface area contributed by atoms with Crippen LogP contribution < -0.4 is 0 Å². The number of quaternary nitrogens is 1. The highest BCUT2D eigenvalue weighted by Gasteiger charge is 2.48. The molecule has 0 heterocycles. The van der Waals surface area contributed by atoms with Crippen LogP contribution in [-0.2, 0) is 4.57 Å². The minimum Gasteiger partial charge on any atom is -0.373 e. The molecule has 0 spiro atoms. The molecule has 0 saturated carbocycles. The number of rotatable bonds is 20. The monoisotopic (exact) mass is 460 g/mol. The summed E-state index contributed by atoms with van der Waals surface area (Å²) in [6, 6.07) is 0. The number of aliphatic hydroxyl groups is 1. The first kappa shape index (κ1) is 30.6. The van der Waals surface area contributed by atoms with Crippen molar-refractivity contribution in [1.82, 2.24) is 0 Å². The van der Waals surface area contributed by atoms with E-state index >= 15 is 0 Å². The zero-order valence-electron chi connectivity index (χ0n) is 20.8. The van der Waals surface area contributed by atoms with Crippen molar-refractivity contribution < 1.29 is 23.9 Å². The van der Waals surface area contributed by atoms with Gasteiger partial charge in [0.25, 0.3) is 0 Å². The third-order valence-corrected chi connectivity index (χ3v) is 6.95. The zero-order valence-corrected chi connectivity index (χ0v) is 21.7. The van der Waals surface area contributed by atoms with E-state index in [4.69, 9.17) is 0 Å². The Morgan fingerprint density at radius 1 is 0.710 bits per heavy atom. The molecule has 0 radical (unpaired) electrons. The van der Waals surface area contributed by atoms with Gasteiger partial charge in [0.15, 0.2) is 0 Å². The summed E-state index contributed by atoms with van der Waals surface area (Å²) < 4.78 is 12.1. The summed E-state index contributed by atoms with van der Waals surface area (Å²) in [5, 5.41) is 8.59. The zero-order chi connectivity index (χ0) is 23.6. The average molecular weight is 461 g/mol. The minimum absolute atomic E-state index is 0.0448. The number of nitrogens with zero attached hydrogens (tertiary/aromatic N) is 1. The molecule has 0 saturated heterocycles. The molecule has 0 aromatic heterocycles. The Morgan fingerprint density at radius 3 is 1.48 bits per heavy atom. The number of allylic oxidation sites excluding steroid dienone is 4. The first-order valence-corrected chi connectivity index (χ1v) is 14.0. The minimum atomic E-state index is -4.56. The fourth-order valence-electron chi connectivity index (χ4n) is 3.79. The van der Waals surface area contributed by atoms with E-state index in [0.29, 0.717) is 10.9 Å². The van der Waals surface area contributed by atoms with Gasteiger partial charge in [0.2, 0.25) is 5.34 Å². The van der Waals surface area contributed by atoms with Gasteiger partial charge < -0.3 is 19.4 Å². The Labute approximate surface area is 192 Å². The SMILES string of the molecule is CCC/C=C\CCCCCCCCC/C=C\CCCCC(O)(C[N+](C)(C)C)P(=O)(O)O. The van der Waals surface area contributed by atoms with E-state index in [1.165, 1.54) is 64.2 Å². The third kappa shape index (κ3) is 17.7. The molecule has 31 heavy (non-hydrogen) atoms. The van der Waals surface area contributed by atoms with E-state index in [1.54, 1.807) is 0 Å². The molecule has 0 aliphatic heterocycles. The Morgan fingerprint density at radius 2 is 1.10 bits per heavy atom. The van der Waals surface area contributed by atoms with Gasteiger partial charge in [-0.25, -0.2) is 0 Å². The Kier molecular flexibility index (Phi) is 16.8. The number of hydrogen-bond donors (Lipinski definition) is 3. The van der Waals surface area contributed by atoms with Crippen LogP contribution in [0.1, 0.15) is 103 Å². The number of unbranched alkanes of at least 4 members (excludes halogenated alkanes) is 11. The molecular weight excluding hydrogens is 409 g/mol. The highest BCUT2D eigenvalue weighted by atomic mass is 31.2. The molecule has 0 rings (SSSR count). The van der Waals surface area contributed by atoms with E-state index in [9.17, 15) is 19.5 Å². The average Bonchev–Trinajstić information content (AvgIpc) is 2.65. The molecule has 0 aromatic carbocycles. The Hall–Kier alpha value is -0.450. The van der Waals surface area contributed by atoms with Gasteiger partial charge in [-0.2, -0.15) is 0 Å². The lowest BCUT2D eigenvalue weighted by Crippen LogP contribution is -2.49. The first-order valence-electron chi connectivity index (χ1n) is 12.4. The summed E-state index contributed by atoms with van der Waals surface area (Å²) in [5.41, 5.74) is 0. The summed E-state index contributed by atoms with van der Waals surface area (Å²) in [6.07, 6.45) is 25.5. The summed E-state index contributed by atoms with van der Waals surface area (Å²) >= 11 is 0. The highest BCUT2D eigenvalue weighted by molar-refractivity contribution is 7.53. The molecule has 0 fully saturated rings. The van der Waals surface area contributed by atoms with Crippen molar-refractivity contribution in [2.24, 2.45) is 0 Å². The highest BCUT2D eigenvalue weighted by Crippen LogP contribution is 2.52. The van der Waals surface area contributed by atoms with E-state index in [1.807, 2.05) is 21.1 Å². The van der Waals surface area contributed by atoms with Gasteiger partial charge in [0, 0.05) is 0 Å². The Balaban J connectivity index is 3.70. The van der Waals surface area contributed by atoms with Gasteiger partial charge in [0.05, 0.1) is 21.1 Å². The normalized spacial score (nSPS) is 15.2. The van der Waals surface area contributed by atoms with Crippen molar-refractivity contribution in [3.05, 3.63) is 24.3 Å². The summed E-state index contributed by atoms with van der Waals surface area (Å²) in [5.74, 6) is 0. The maximum absolute atomic E-state index is 11.8. The van der Waals surface area contributed by atoms with Gasteiger partial charge in [-0.05, 0) is 57.8 Å². The lowest BCUT2D eigenvalue weighted by molar-refractivity contribution is -0.875. The van der Waals surface area contributed by atoms with Gasteiger partial charge >= 0.3 is 7.60 Å². The van der Waals surface area contributed by atoms with Gasteiger partial charge in [0.1, 0.15) is 6.54 Å². The molecule has 3 N–H and O–H groups in total. The summed E-state index contributed by atoms with van der Waals surface area (Å²) in [7, 11) is 0.932. The van der Waals surface area contributed by atoms with Crippen molar-refractivity contribution in [2.75, 3.05) is 27.7 Å². The van der Waals surface area contributed by atoms with Crippen molar-refractivity contribution in [3.63, 3.8) is 0 Å². The quantitative estimate of drug-likeness (QED) is 0.0834. The van der Waals surface area contributed by atoms with Crippen LogP contribution in [0.2, 0.25) is 0 Å². The second-order valence-electron chi connectivity index (χ2n) is 10.0. The maximum Gasteiger partial charge on any atom is 0.362 e. The van der Waals surface area contributed by atoms with Gasteiger partial charge in [-0.15, -0.1) is 0 Å². The topological polar surface area (TPSA) is 77.8 Å². The van der Waals surface area contributed by atoms with Crippen LogP contribution in [0.5, 0.6) is 0 Å². The molecule has 0 aliphatic rings. The molecule has 6 heteroatoms. The summed E-state index contributed by atoms with van der Waals surface area (Å²) in [6.45, 7) is 2.26. The van der Waals surface area contributed by atoms with Crippen molar-refractivity contribution in [3.8, 4) is 0 Å². The summed E-state index contributed by atoms with van der Waals surface area (Å²) in [4.78, 5) is 19.2. The van der Waals surface area contributed by atoms with Crippen LogP contribution >= 0.6 is 7.60 Å². The van der Waals surface area contributed by atoms with Crippen molar-refractivity contribution in [1.29, 1.82) is 0 Å². The molecule has 1 unspecified atom stereocenters. The molecule has 1 atom stereocenters. The maximum atomic E-state index is 11.8. The van der Waals surface area contributed by atoms with Crippen LogP contribution in [-0.4, -0.2) is 52.4 Å². The second kappa shape index (κ2) is 17.1. The lowest BCUT2D eigenvalue weighted by atomic mass is 10.1. The molecule has 0 amide bonds. The van der Waals surface area contributed by atoms with Crippen LogP contribution in [0.25, 0.3) is 0 Å². The molecule has 0 aliphatic carbocycles. The largest absolute Gasteiger partial charge is 0.373 e. The van der Waals surface area contributed by atoms with E-state index < -0.39 is 12.9 Å². The third-order valence-electron chi connectivity index (χ3n) is 5.50. The molecular formula is C25H51NO4P+. The molecule has 184 valence electrons. The second-order valence-corrected chi connectivity index (χ2v) is 11.9. The van der Waals surface area contributed by atoms with E-state index in [0.717, 1.165) is 19.3 Å². The predicted molar refractivity (Wildman–Crippen MR) is 133 cm³/mol. The fourth-order valence-corrected chi connectivity index (χ4v) is 4.85. The molecule has 5 nitrogen and oxygen atoms in total. The lowest BCUT2D eigenvalue weighted by Gasteiger charge is -2.35. The fraction of sp³-hybridized carbons (Fsp3) is 0.840. The van der Waals surface area contributed by atoms with Crippen LogP contribution in [0.3, 0.4) is 0 Å². The number of hydrogen-bond acceptors (Lipinski definition) is 2. The smallest absolute Gasteiger partial charge is 0.362 e. The standard InChI is InChI=1S/C25H50NO4P/c1-5-6-7-8-9-10-11-12-13-14-15-16-17-18-19-20-21-22-23-25(27,31(28,29)30)24-26(2,3)4/h7-8,18-19,27H,5-6,9-17,20-24H2,1-4H3,(H-,28,29,30)/p+1/b8-7-,19-18-. The molecule has 0 aromatic rings. The van der Waals surface area contributed by atoms with Gasteiger partial charge in [-0.3, -0.25) is 4.57 Å². The van der Waals surface area contributed by atoms with Crippen LogP contribution in [0.15, 0.2) is 24.3 Å². The Bertz CT molecular complexity index is 536. The van der Waals surface area contributed by atoms with E-state index in [-0.39, 0.29) is 13.0 Å². The van der Waals surface area contributed by atoms with Crippen LogP contribution in [0.4, 0.5) is 0 Å².